The van der Waals surface area contributed by atoms with E-state index in [1.165, 1.54) is 0 Å². The summed E-state index contributed by atoms with van der Waals surface area (Å²) in [7, 11) is 6.16. The van der Waals surface area contributed by atoms with Crippen LogP contribution in [0.2, 0.25) is 0 Å². The zero-order chi connectivity index (χ0) is 17.4. The van der Waals surface area contributed by atoms with Crippen LogP contribution in [-0.2, 0) is 0 Å². The number of amides is 2. The van der Waals surface area contributed by atoms with E-state index in [0.717, 1.165) is 36.3 Å². The molecular weight excluding hydrogens is 288 g/mol. The number of carbonyl (C=O) groups is 1. The van der Waals surface area contributed by atoms with Crippen molar-refractivity contribution in [2.24, 2.45) is 0 Å². The Bertz CT molecular complexity index is 500. The predicted molar refractivity (Wildman–Crippen MR) is 99.5 cm³/mol. The van der Waals surface area contributed by atoms with Crippen molar-refractivity contribution in [3.05, 3.63) is 23.8 Å². The number of anilines is 2. The second kappa shape index (κ2) is 9.40. The van der Waals surface area contributed by atoms with E-state index in [9.17, 15) is 4.79 Å². The monoisotopic (exact) mass is 320 g/mol. The SMILES string of the molecule is Cc1cc(NC(=O)NCCCCN(C)C(C)C)ccc1N(C)C. The highest BCUT2D eigenvalue weighted by atomic mass is 16.2. The molecule has 2 N–H and O–H groups in total. The molecule has 1 aromatic rings. The Kier molecular flexibility index (Phi) is 7.89. The molecule has 0 spiro atoms. The average molecular weight is 320 g/mol. The van der Waals surface area contributed by atoms with E-state index < -0.39 is 0 Å². The first-order valence-corrected chi connectivity index (χ1v) is 8.34. The lowest BCUT2D eigenvalue weighted by molar-refractivity contribution is 0.250. The number of hydrogen-bond donors (Lipinski definition) is 2. The number of carbonyl (C=O) groups excluding carboxylic acids is 1. The van der Waals surface area contributed by atoms with E-state index in [1.807, 2.05) is 39.2 Å². The summed E-state index contributed by atoms with van der Waals surface area (Å²) in [5.41, 5.74) is 3.12. The summed E-state index contributed by atoms with van der Waals surface area (Å²) in [6.07, 6.45) is 2.08. The number of nitrogens with one attached hydrogen (secondary N) is 2. The Morgan fingerprint density at radius 2 is 1.87 bits per heavy atom. The van der Waals surface area contributed by atoms with Crippen LogP contribution in [-0.4, -0.2) is 51.2 Å². The van der Waals surface area contributed by atoms with Gasteiger partial charge in [0.15, 0.2) is 0 Å². The van der Waals surface area contributed by atoms with Crippen molar-refractivity contribution >= 4 is 17.4 Å². The topological polar surface area (TPSA) is 47.6 Å². The molecule has 0 unspecified atom stereocenters. The summed E-state index contributed by atoms with van der Waals surface area (Å²) < 4.78 is 0. The summed E-state index contributed by atoms with van der Waals surface area (Å²) in [5, 5.41) is 5.80. The van der Waals surface area contributed by atoms with Gasteiger partial charge in [0.25, 0.3) is 0 Å². The zero-order valence-electron chi connectivity index (χ0n) is 15.4. The smallest absolute Gasteiger partial charge is 0.319 e. The molecular formula is C18H32N4O. The quantitative estimate of drug-likeness (QED) is 0.723. The van der Waals surface area contributed by atoms with Gasteiger partial charge in [0.05, 0.1) is 0 Å². The van der Waals surface area contributed by atoms with Crippen molar-refractivity contribution in [1.82, 2.24) is 10.2 Å². The number of rotatable bonds is 8. The van der Waals surface area contributed by atoms with E-state index in [4.69, 9.17) is 0 Å². The number of nitrogens with zero attached hydrogens (tertiary/aromatic N) is 2. The maximum Gasteiger partial charge on any atom is 0.319 e. The third kappa shape index (κ3) is 6.91. The molecule has 0 radical (unpaired) electrons. The molecule has 0 saturated heterocycles. The number of benzene rings is 1. The van der Waals surface area contributed by atoms with Gasteiger partial charge in [-0.2, -0.15) is 0 Å². The van der Waals surface area contributed by atoms with Crippen LogP contribution in [0.25, 0.3) is 0 Å². The van der Waals surface area contributed by atoms with Crippen LogP contribution in [0, 0.1) is 6.92 Å². The molecule has 0 aromatic heterocycles. The van der Waals surface area contributed by atoms with Crippen LogP contribution < -0.4 is 15.5 Å². The summed E-state index contributed by atoms with van der Waals surface area (Å²) in [4.78, 5) is 16.3. The van der Waals surface area contributed by atoms with Crippen molar-refractivity contribution in [1.29, 1.82) is 0 Å². The number of hydrogen-bond acceptors (Lipinski definition) is 3. The van der Waals surface area contributed by atoms with Gasteiger partial charge in [-0.1, -0.05) is 0 Å². The number of aryl methyl sites for hydroxylation is 1. The van der Waals surface area contributed by atoms with Crippen molar-refractivity contribution in [2.75, 3.05) is 44.4 Å². The van der Waals surface area contributed by atoms with Crippen molar-refractivity contribution < 1.29 is 4.79 Å². The Morgan fingerprint density at radius 1 is 1.17 bits per heavy atom. The average Bonchev–Trinajstić information content (AvgIpc) is 2.46. The minimum absolute atomic E-state index is 0.140. The van der Waals surface area contributed by atoms with Crippen LogP contribution in [0.3, 0.4) is 0 Å². The Balaban J connectivity index is 2.30. The Morgan fingerprint density at radius 3 is 2.43 bits per heavy atom. The molecule has 0 aliphatic rings. The van der Waals surface area contributed by atoms with Gasteiger partial charge in [0.1, 0.15) is 0 Å². The molecule has 0 aliphatic heterocycles. The van der Waals surface area contributed by atoms with Gasteiger partial charge in [-0.25, -0.2) is 4.79 Å². The van der Waals surface area contributed by atoms with Crippen LogP contribution in [0.15, 0.2) is 18.2 Å². The van der Waals surface area contributed by atoms with Gasteiger partial charge in [-0.15, -0.1) is 0 Å². The lowest BCUT2D eigenvalue weighted by atomic mass is 10.1. The first-order chi connectivity index (χ1) is 10.8. The van der Waals surface area contributed by atoms with E-state index >= 15 is 0 Å². The third-order valence-electron chi connectivity index (χ3n) is 4.04. The molecule has 1 rings (SSSR count). The molecule has 2 amide bonds. The fourth-order valence-corrected chi connectivity index (χ4v) is 2.36. The fraction of sp³-hybridized carbons (Fsp3) is 0.611. The van der Waals surface area contributed by atoms with E-state index in [-0.39, 0.29) is 6.03 Å². The molecule has 1 aromatic carbocycles. The summed E-state index contributed by atoms with van der Waals surface area (Å²) >= 11 is 0. The first-order valence-electron chi connectivity index (χ1n) is 8.34. The third-order valence-corrected chi connectivity index (χ3v) is 4.04. The largest absolute Gasteiger partial charge is 0.377 e. The number of urea groups is 1. The molecule has 0 atom stereocenters. The van der Waals surface area contributed by atoms with E-state index in [1.54, 1.807) is 0 Å². The van der Waals surface area contributed by atoms with Gasteiger partial charge < -0.3 is 20.4 Å². The van der Waals surface area contributed by atoms with Gasteiger partial charge in [0, 0.05) is 38.1 Å². The van der Waals surface area contributed by atoms with Crippen molar-refractivity contribution in [3.63, 3.8) is 0 Å². The predicted octanol–water partition coefficient (Wildman–Crippen LogP) is 3.30. The Labute approximate surface area is 141 Å². The summed E-state index contributed by atoms with van der Waals surface area (Å²) in [6.45, 7) is 8.19. The van der Waals surface area contributed by atoms with E-state index in [2.05, 4.69) is 41.3 Å². The van der Waals surface area contributed by atoms with Crippen LogP contribution >= 0.6 is 0 Å². The highest BCUT2D eigenvalue weighted by molar-refractivity contribution is 5.89. The minimum Gasteiger partial charge on any atom is -0.377 e. The van der Waals surface area contributed by atoms with Crippen LogP contribution in [0.5, 0.6) is 0 Å². The molecule has 0 bridgehead atoms. The summed E-state index contributed by atoms with van der Waals surface area (Å²) in [5.74, 6) is 0. The highest BCUT2D eigenvalue weighted by Crippen LogP contribution is 2.21. The molecule has 0 fully saturated rings. The molecule has 0 heterocycles. The molecule has 0 saturated carbocycles. The second-order valence-electron chi connectivity index (χ2n) is 6.56. The molecule has 23 heavy (non-hydrogen) atoms. The standard InChI is InChI=1S/C18H32N4O/c1-14(2)22(6)12-8-7-11-19-18(23)20-16-9-10-17(21(4)5)15(3)13-16/h9-10,13-14H,7-8,11-12H2,1-6H3,(H2,19,20,23). The molecule has 5 heteroatoms. The lowest BCUT2D eigenvalue weighted by Crippen LogP contribution is -2.31. The maximum atomic E-state index is 11.9. The highest BCUT2D eigenvalue weighted by Gasteiger charge is 2.06. The number of unbranched alkanes of at least 4 members (excludes halogenated alkanes) is 1. The van der Waals surface area contributed by atoms with Gasteiger partial charge in [-0.3, -0.25) is 0 Å². The lowest BCUT2D eigenvalue weighted by Gasteiger charge is -2.20. The van der Waals surface area contributed by atoms with Crippen molar-refractivity contribution in [2.45, 2.75) is 39.7 Å². The zero-order valence-corrected chi connectivity index (χ0v) is 15.4. The van der Waals surface area contributed by atoms with E-state index in [0.29, 0.717) is 12.6 Å². The molecule has 0 aliphatic carbocycles. The van der Waals surface area contributed by atoms with Gasteiger partial charge >= 0.3 is 6.03 Å². The summed E-state index contributed by atoms with van der Waals surface area (Å²) in [6, 6.07) is 6.37. The molecule has 5 nitrogen and oxygen atoms in total. The normalized spacial score (nSPS) is 11.0. The maximum absolute atomic E-state index is 11.9. The second-order valence-corrected chi connectivity index (χ2v) is 6.56. The Hall–Kier alpha value is -1.75. The van der Waals surface area contributed by atoms with Crippen LogP contribution in [0.1, 0.15) is 32.3 Å². The van der Waals surface area contributed by atoms with Crippen molar-refractivity contribution in [3.8, 4) is 0 Å². The minimum atomic E-state index is -0.140. The van der Waals surface area contributed by atoms with Crippen LogP contribution in [0.4, 0.5) is 16.2 Å². The van der Waals surface area contributed by atoms with Gasteiger partial charge in [0.2, 0.25) is 0 Å². The molecule has 130 valence electrons. The van der Waals surface area contributed by atoms with Gasteiger partial charge in [-0.05, 0) is 71.0 Å². The fourth-order valence-electron chi connectivity index (χ4n) is 2.36. The first kappa shape index (κ1) is 19.3.